The van der Waals surface area contributed by atoms with Crippen LogP contribution in [0.5, 0.6) is 5.75 Å². The van der Waals surface area contributed by atoms with Gasteiger partial charge in [0.05, 0.1) is 5.25 Å². The summed E-state index contributed by atoms with van der Waals surface area (Å²) in [6.45, 7) is 5.26. The maximum atomic E-state index is 12.3. The van der Waals surface area contributed by atoms with Gasteiger partial charge in [0.1, 0.15) is 5.75 Å². The van der Waals surface area contributed by atoms with Crippen molar-refractivity contribution in [2.75, 3.05) is 0 Å². The molecule has 1 aromatic carbocycles. The van der Waals surface area contributed by atoms with E-state index < -0.39 is 33.0 Å². The second-order valence-corrected chi connectivity index (χ2v) is 10.1. The van der Waals surface area contributed by atoms with Gasteiger partial charge in [0.15, 0.2) is 0 Å². The molecule has 2 rings (SSSR count). The van der Waals surface area contributed by atoms with Crippen LogP contribution in [0, 0.1) is 5.92 Å². The number of rotatable bonds is 7. The van der Waals surface area contributed by atoms with E-state index in [2.05, 4.69) is 13.1 Å². The van der Waals surface area contributed by atoms with Crippen LogP contribution in [0.4, 0.5) is 13.2 Å². The Bertz CT molecular complexity index is 781. The molecule has 0 radical (unpaired) electrons. The summed E-state index contributed by atoms with van der Waals surface area (Å²) in [6, 6.07) is 5.79. The van der Waals surface area contributed by atoms with Crippen molar-refractivity contribution >= 4 is 21.4 Å². The van der Waals surface area contributed by atoms with Crippen molar-refractivity contribution < 1.29 is 34.2 Å². The number of hydrogen-bond acceptors (Lipinski definition) is 5. The second-order valence-electron chi connectivity index (χ2n) is 7.14. The van der Waals surface area contributed by atoms with Crippen LogP contribution in [0.2, 0.25) is 0 Å². The zero-order chi connectivity index (χ0) is 21.1. The average molecular weight is 444 g/mol. The van der Waals surface area contributed by atoms with Crippen molar-refractivity contribution in [1.29, 1.82) is 0 Å². The molecule has 1 saturated carbocycles. The largest absolute Gasteiger partial charge is 0.537 e. The second kappa shape index (κ2) is 9.10. The number of hydrogen-bond donors (Lipinski definition) is 1. The molecule has 0 bridgehead atoms. The first-order valence-corrected chi connectivity index (χ1v) is 11.4. The predicted octanol–water partition coefficient (Wildman–Crippen LogP) is 3.78. The number of nitrogens with one attached hydrogen (secondary N) is 1. The van der Waals surface area contributed by atoms with Gasteiger partial charge >= 0.3 is 17.7 Å². The van der Waals surface area contributed by atoms with E-state index in [-0.39, 0.29) is 23.6 Å². The molecule has 1 aliphatic carbocycles. The lowest BCUT2D eigenvalue weighted by Crippen LogP contribution is -2.45. The van der Waals surface area contributed by atoms with E-state index in [1.807, 2.05) is 6.92 Å². The fraction of sp³-hybridized carbons (Fsp3) is 0.647. The summed E-state index contributed by atoms with van der Waals surface area (Å²) in [7, 11) is -3.44. The molecule has 0 amide bonds. The Morgan fingerprint density at radius 1 is 1.18 bits per heavy atom. The number of alkyl halides is 3. The fourth-order valence-electron chi connectivity index (χ4n) is 3.37. The summed E-state index contributed by atoms with van der Waals surface area (Å²) in [5.41, 5.74) is 0.832. The van der Waals surface area contributed by atoms with Gasteiger partial charge in [-0.15, -0.1) is 13.2 Å². The standard InChI is InChI=1S/C17H24F3NO5S2/c1-11(2)28(23,24)21-15-6-4-5-12(3)16(15)13-7-9-14(10-8-13)25-27(22)26-17(18,19)20/h7-12,15-16,21H,4-6H2,1-3H3. The Labute approximate surface area is 165 Å². The van der Waals surface area contributed by atoms with Crippen LogP contribution in [-0.2, 0) is 25.6 Å². The monoisotopic (exact) mass is 443 g/mol. The molecule has 1 aliphatic rings. The molecule has 0 aromatic heterocycles. The van der Waals surface area contributed by atoms with E-state index in [0.717, 1.165) is 18.4 Å². The highest BCUT2D eigenvalue weighted by Gasteiger charge is 2.36. The molecular weight excluding hydrogens is 419 g/mol. The van der Waals surface area contributed by atoms with Gasteiger partial charge < -0.3 is 4.18 Å². The molecule has 0 saturated heterocycles. The maximum absolute atomic E-state index is 12.3. The summed E-state index contributed by atoms with van der Waals surface area (Å²) in [6.07, 6.45) is -2.53. The summed E-state index contributed by atoms with van der Waals surface area (Å²) >= 11 is -3.00. The molecule has 1 N–H and O–H groups in total. The van der Waals surface area contributed by atoms with Crippen LogP contribution in [0.15, 0.2) is 24.3 Å². The predicted molar refractivity (Wildman–Crippen MR) is 99.1 cm³/mol. The van der Waals surface area contributed by atoms with E-state index in [1.165, 1.54) is 12.1 Å². The summed E-state index contributed by atoms with van der Waals surface area (Å²) in [5.74, 6) is 0.0745. The number of benzene rings is 1. The minimum atomic E-state index is -5.07. The third-order valence-corrected chi connectivity index (χ3v) is 7.28. The van der Waals surface area contributed by atoms with Gasteiger partial charge in [0.2, 0.25) is 10.0 Å². The highest BCUT2D eigenvalue weighted by molar-refractivity contribution is 7.90. The van der Waals surface area contributed by atoms with Crippen LogP contribution in [-0.4, -0.2) is 30.3 Å². The third kappa shape index (κ3) is 6.43. The highest BCUT2D eigenvalue weighted by Crippen LogP contribution is 2.39. The molecule has 11 heteroatoms. The summed E-state index contributed by atoms with van der Waals surface area (Å²) in [4.78, 5) is 0. The Morgan fingerprint density at radius 2 is 1.79 bits per heavy atom. The fourth-order valence-corrected chi connectivity index (χ4v) is 4.79. The Hall–Kier alpha value is -1.17. The van der Waals surface area contributed by atoms with Gasteiger partial charge in [-0.05, 0) is 43.9 Å². The average Bonchev–Trinajstić information content (AvgIpc) is 2.54. The van der Waals surface area contributed by atoms with Gasteiger partial charge in [-0.2, -0.15) is 8.39 Å². The van der Waals surface area contributed by atoms with Gasteiger partial charge in [-0.3, -0.25) is 0 Å². The maximum Gasteiger partial charge on any atom is 0.537 e. The van der Waals surface area contributed by atoms with E-state index in [4.69, 9.17) is 0 Å². The molecule has 4 atom stereocenters. The lowest BCUT2D eigenvalue weighted by Gasteiger charge is -2.37. The Morgan fingerprint density at radius 3 is 2.32 bits per heavy atom. The summed E-state index contributed by atoms with van der Waals surface area (Å²) < 4.78 is 82.6. The first-order chi connectivity index (χ1) is 12.9. The molecule has 4 unspecified atom stereocenters. The lowest BCUT2D eigenvalue weighted by atomic mass is 9.73. The van der Waals surface area contributed by atoms with Gasteiger partial charge in [0, 0.05) is 12.0 Å². The first-order valence-electron chi connectivity index (χ1n) is 8.86. The Balaban J connectivity index is 2.15. The molecule has 1 aromatic rings. The Kier molecular flexibility index (Phi) is 7.51. The molecule has 0 aliphatic heterocycles. The molecule has 6 nitrogen and oxygen atoms in total. The van der Waals surface area contributed by atoms with Crippen molar-refractivity contribution in [2.45, 2.75) is 63.6 Å². The van der Waals surface area contributed by atoms with E-state index >= 15 is 0 Å². The van der Waals surface area contributed by atoms with Crippen molar-refractivity contribution in [1.82, 2.24) is 4.72 Å². The first kappa shape index (κ1) is 23.1. The molecule has 160 valence electrons. The van der Waals surface area contributed by atoms with Gasteiger partial charge in [0.25, 0.3) is 0 Å². The minimum absolute atomic E-state index is 0.0471. The summed E-state index contributed by atoms with van der Waals surface area (Å²) in [5, 5.41) is -0.551. The molecule has 0 spiro atoms. The van der Waals surface area contributed by atoms with E-state index in [9.17, 15) is 25.8 Å². The lowest BCUT2D eigenvalue weighted by molar-refractivity contribution is -0.271. The topological polar surface area (TPSA) is 81.7 Å². The van der Waals surface area contributed by atoms with Crippen molar-refractivity contribution in [3.05, 3.63) is 29.8 Å². The van der Waals surface area contributed by atoms with Crippen LogP contribution < -0.4 is 8.91 Å². The normalized spacial score (nSPS) is 24.9. The minimum Gasteiger partial charge on any atom is -0.380 e. The van der Waals surface area contributed by atoms with E-state index in [0.29, 0.717) is 6.42 Å². The molecule has 28 heavy (non-hydrogen) atoms. The van der Waals surface area contributed by atoms with Crippen LogP contribution in [0.25, 0.3) is 0 Å². The molecule has 1 fully saturated rings. The van der Waals surface area contributed by atoms with Crippen LogP contribution in [0.3, 0.4) is 0 Å². The SMILES string of the molecule is CC1CCCC(NS(=O)(=O)C(C)C)C1c1ccc(OS(=O)OC(F)(F)F)cc1. The van der Waals surface area contributed by atoms with Crippen LogP contribution >= 0.6 is 0 Å². The quantitative estimate of drug-likeness (QED) is 0.694. The van der Waals surface area contributed by atoms with Crippen molar-refractivity contribution in [3.63, 3.8) is 0 Å². The molecular formula is C17H24F3NO5S2. The number of halogens is 3. The zero-order valence-corrected chi connectivity index (χ0v) is 17.4. The third-order valence-electron chi connectivity index (χ3n) is 4.75. The van der Waals surface area contributed by atoms with E-state index in [1.54, 1.807) is 26.0 Å². The van der Waals surface area contributed by atoms with Gasteiger partial charge in [-0.1, -0.05) is 31.9 Å². The van der Waals surface area contributed by atoms with Crippen LogP contribution in [0.1, 0.15) is 51.5 Å². The van der Waals surface area contributed by atoms with Gasteiger partial charge in [-0.25, -0.2) is 13.1 Å². The van der Waals surface area contributed by atoms with Crippen molar-refractivity contribution in [3.8, 4) is 5.75 Å². The molecule has 0 heterocycles. The smallest absolute Gasteiger partial charge is 0.380 e. The number of sulfonamides is 1. The van der Waals surface area contributed by atoms with Crippen molar-refractivity contribution in [2.24, 2.45) is 5.92 Å². The zero-order valence-electron chi connectivity index (χ0n) is 15.7. The highest BCUT2D eigenvalue weighted by atomic mass is 32.2.